The average Bonchev–Trinajstić information content (AvgIpc) is 2.50. The van der Waals surface area contributed by atoms with E-state index in [4.69, 9.17) is 4.74 Å². The highest BCUT2D eigenvalue weighted by atomic mass is 19.2. The molecule has 1 aliphatic rings. The van der Waals surface area contributed by atoms with Crippen molar-refractivity contribution in [2.24, 2.45) is 0 Å². The fourth-order valence-corrected chi connectivity index (χ4v) is 2.77. The van der Waals surface area contributed by atoms with Crippen molar-refractivity contribution in [3.8, 4) is 0 Å². The Kier molecular flexibility index (Phi) is 6.12. The zero-order valence-corrected chi connectivity index (χ0v) is 12.4. The van der Waals surface area contributed by atoms with E-state index in [0.717, 1.165) is 31.2 Å². The quantitative estimate of drug-likeness (QED) is 0.683. The van der Waals surface area contributed by atoms with Gasteiger partial charge < -0.3 is 4.74 Å². The number of allylic oxidation sites excluding steroid dienone is 3. The van der Waals surface area contributed by atoms with Crippen LogP contribution in [0.2, 0.25) is 0 Å². The van der Waals surface area contributed by atoms with Crippen LogP contribution in [0.4, 0.5) is 8.78 Å². The van der Waals surface area contributed by atoms with E-state index in [9.17, 15) is 8.78 Å². The lowest BCUT2D eigenvalue weighted by Crippen LogP contribution is -2.21. The number of hydrogen-bond acceptors (Lipinski definition) is 1. The first-order valence-electron chi connectivity index (χ1n) is 7.55. The molecule has 0 atom stereocenters. The number of benzene rings is 1. The van der Waals surface area contributed by atoms with Crippen molar-refractivity contribution in [2.75, 3.05) is 6.61 Å². The minimum absolute atomic E-state index is 0.279. The van der Waals surface area contributed by atoms with Crippen LogP contribution in [0, 0.1) is 11.6 Å². The monoisotopic (exact) mass is 292 g/mol. The Hall–Kier alpha value is -1.48. The van der Waals surface area contributed by atoms with Gasteiger partial charge in [-0.15, -0.1) is 0 Å². The number of rotatable bonds is 5. The Bertz CT molecular complexity index is 500. The van der Waals surface area contributed by atoms with E-state index < -0.39 is 11.6 Å². The predicted molar refractivity (Wildman–Crippen MR) is 81.3 cm³/mol. The van der Waals surface area contributed by atoms with E-state index in [-0.39, 0.29) is 6.10 Å². The normalized spacial score (nSPS) is 23.2. The SMILES string of the molecule is C/C=C/C=C/COC1CCC(c2ccc(F)c(F)c2)CC1. The molecule has 0 spiro atoms. The minimum Gasteiger partial charge on any atom is -0.374 e. The number of halogens is 2. The van der Waals surface area contributed by atoms with Gasteiger partial charge in [0.25, 0.3) is 0 Å². The number of ether oxygens (including phenoxy) is 1. The molecule has 0 unspecified atom stereocenters. The van der Waals surface area contributed by atoms with Gasteiger partial charge >= 0.3 is 0 Å². The largest absolute Gasteiger partial charge is 0.374 e. The molecule has 21 heavy (non-hydrogen) atoms. The Balaban J connectivity index is 1.78. The first kappa shape index (κ1) is 15.9. The summed E-state index contributed by atoms with van der Waals surface area (Å²) in [6, 6.07) is 4.25. The Morgan fingerprint density at radius 1 is 1.10 bits per heavy atom. The summed E-state index contributed by atoms with van der Waals surface area (Å²) in [6.45, 7) is 2.61. The molecule has 0 N–H and O–H groups in total. The Labute approximate surface area is 125 Å². The van der Waals surface area contributed by atoms with Gasteiger partial charge in [0.1, 0.15) is 0 Å². The zero-order valence-electron chi connectivity index (χ0n) is 12.4. The van der Waals surface area contributed by atoms with Gasteiger partial charge in [0.05, 0.1) is 12.7 Å². The van der Waals surface area contributed by atoms with Crippen LogP contribution < -0.4 is 0 Å². The molecule has 114 valence electrons. The van der Waals surface area contributed by atoms with Crippen LogP contribution in [0.25, 0.3) is 0 Å². The molecule has 1 fully saturated rings. The summed E-state index contributed by atoms with van der Waals surface area (Å²) in [5.74, 6) is -1.21. The molecule has 2 rings (SSSR count). The summed E-state index contributed by atoms with van der Waals surface area (Å²) in [6.07, 6.45) is 12.1. The van der Waals surface area contributed by atoms with Gasteiger partial charge in [-0.3, -0.25) is 0 Å². The molecule has 0 amide bonds. The molecule has 0 aromatic heterocycles. The van der Waals surface area contributed by atoms with Gasteiger partial charge in [0.2, 0.25) is 0 Å². The van der Waals surface area contributed by atoms with Crippen molar-refractivity contribution in [1.29, 1.82) is 0 Å². The summed E-state index contributed by atoms with van der Waals surface area (Å²) >= 11 is 0. The third-order valence-electron chi connectivity index (χ3n) is 3.96. The molecular formula is C18H22F2O. The molecule has 1 saturated carbocycles. The van der Waals surface area contributed by atoms with Crippen molar-refractivity contribution in [1.82, 2.24) is 0 Å². The van der Waals surface area contributed by atoms with Crippen molar-refractivity contribution in [3.63, 3.8) is 0 Å². The molecule has 1 aromatic carbocycles. The molecule has 0 saturated heterocycles. The van der Waals surface area contributed by atoms with Gasteiger partial charge in [-0.25, -0.2) is 8.78 Å². The average molecular weight is 292 g/mol. The highest BCUT2D eigenvalue weighted by Crippen LogP contribution is 2.34. The van der Waals surface area contributed by atoms with Gasteiger partial charge in [0, 0.05) is 0 Å². The van der Waals surface area contributed by atoms with Crippen LogP contribution in [0.3, 0.4) is 0 Å². The van der Waals surface area contributed by atoms with Crippen molar-refractivity contribution < 1.29 is 13.5 Å². The highest BCUT2D eigenvalue weighted by molar-refractivity contribution is 5.22. The van der Waals surface area contributed by atoms with Crippen LogP contribution in [0.1, 0.15) is 44.1 Å². The predicted octanol–water partition coefficient (Wildman–Crippen LogP) is 5.14. The second-order valence-electron chi connectivity index (χ2n) is 5.43. The van der Waals surface area contributed by atoms with E-state index in [1.807, 2.05) is 31.2 Å². The van der Waals surface area contributed by atoms with E-state index in [1.165, 1.54) is 12.1 Å². The first-order valence-corrected chi connectivity index (χ1v) is 7.55. The molecule has 0 bridgehead atoms. The van der Waals surface area contributed by atoms with Crippen LogP contribution in [0.15, 0.2) is 42.5 Å². The molecule has 0 radical (unpaired) electrons. The van der Waals surface area contributed by atoms with Gasteiger partial charge in [0.15, 0.2) is 11.6 Å². The molecule has 1 aliphatic carbocycles. The molecule has 0 aliphatic heterocycles. The van der Waals surface area contributed by atoms with Crippen LogP contribution in [-0.2, 0) is 4.74 Å². The first-order chi connectivity index (χ1) is 10.2. The number of hydrogen-bond donors (Lipinski definition) is 0. The van der Waals surface area contributed by atoms with Crippen LogP contribution in [0.5, 0.6) is 0 Å². The Morgan fingerprint density at radius 2 is 1.86 bits per heavy atom. The van der Waals surface area contributed by atoms with Crippen molar-refractivity contribution in [2.45, 2.75) is 44.6 Å². The lowest BCUT2D eigenvalue weighted by atomic mass is 9.82. The summed E-state index contributed by atoms with van der Waals surface area (Å²) in [5.41, 5.74) is 0.903. The second-order valence-corrected chi connectivity index (χ2v) is 5.43. The highest BCUT2D eigenvalue weighted by Gasteiger charge is 2.23. The maximum Gasteiger partial charge on any atom is 0.159 e. The van der Waals surface area contributed by atoms with E-state index in [2.05, 4.69) is 0 Å². The third kappa shape index (κ3) is 4.78. The van der Waals surface area contributed by atoms with E-state index in [1.54, 1.807) is 6.07 Å². The third-order valence-corrected chi connectivity index (χ3v) is 3.96. The van der Waals surface area contributed by atoms with Crippen molar-refractivity contribution in [3.05, 3.63) is 59.7 Å². The molecule has 0 heterocycles. The molecular weight excluding hydrogens is 270 g/mol. The molecule has 1 aromatic rings. The smallest absolute Gasteiger partial charge is 0.159 e. The lowest BCUT2D eigenvalue weighted by Gasteiger charge is -2.28. The van der Waals surface area contributed by atoms with Crippen LogP contribution in [-0.4, -0.2) is 12.7 Å². The minimum atomic E-state index is -0.774. The summed E-state index contributed by atoms with van der Waals surface area (Å²) in [7, 11) is 0. The van der Waals surface area contributed by atoms with Gasteiger partial charge in [-0.1, -0.05) is 30.4 Å². The van der Waals surface area contributed by atoms with Crippen molar-refractivity contribution >= 4 is 0 Å². The van der Waals surface area contributed by atoms with E-state index in [0.29, 0.717) is 12.5 Å². The lowest BCUT2D eigenvalue weighted by molar-refractivity contribution is 0.0422. The summed E-state index contributed by atoms with van der Waals surface area (Å²) in [5, 5.41) is 0. The van der Waals surface area contributed by atoms with Gasteiger partial charge in [-0.2, -0.15) is 0 Å². The molecule has 1 nitrogen and oxygen atoms in total. The van der Waals surface area contributed by atoms with Gasteiger partial charge in [-0.05, 0) is 56.2 Å². The zero-order chi connectivity index (χ0) is 15.1. The molecule has 3 heteroatoms. The topological polar surface area (TPSA) is 9.23 Å². The summed E-state index contributed by atoms with van der Waals surface area (Å²) in [4.78, 5) is 0. The maximum atomic E-state index is 13.3. The summed E-state index contributed by atoms with van der Waals surface area (Å²) < 4.78 is 32.0. The standard InChI is InChI=1S/C18H22F2O/c1-2-3-4-5-12-21-16-9-6-14(7-10-16)15-8-11-17(19)18(20)13-15/h2-5,8,11,13-14,16H,6-7,9-10,12H2,1H3/b3-2+,5-4+. The van der Waals surface area contributed by atoms with Crippen LogP contribution >= 0.6 is 0 Å². The Morgan fingerprint density at radius 3 is 2.52 bits per heavy atom. The fourth-order valence-electron chi connectivity index (χ4n) is 2.77. The van der Waals surface area contributed by atoms with E-state index >= 15 is 0 Å². The maximum absolute atomic E-state index is 13.3. The second kappa shape index (κ2) is 8.08. The fraction of sp³-hybridized carbons (Fsp3) is 0.444.